The molecule has 0 radical (unpaired) electrons. The predicted octanol–water partition coefficient (Wildman–Crippen LogP) is 4.52. The van der Waals surface area contributed by atoms with Crippen molar-refractivity contribution in [3.8, 4) is 5.75 Å². The molecule has 106 valence electrons. The van der Waals surface area contributed by atoms with Crippen LogP contribution in [0, 0.1) is 27.7 Å². The van der Waals surface area contributed by atoms with E-state index in [1.165, 1.54) is 0 Å². The van der Waals surface area contributed by atoms with E-state index in [0.29, 0.717) is 22.6 Å². The van der Waals surface area contributed by atoms with Crippen LogP contribution in [0.5, 0.6) is 5.75 Å². The minimum absolute atomic E-state index is 0.0712. The minimum atomic E-state index is -0.0712. The first kappa shape index (κ1) is 14.9. The number of carbonyl (C=O) groups excluding carboxylic acids is 1. The molecule has 20 heavy (non-hydrogen) atoms. The number of ketones is 1. The van der Waals surface area contributed by atoms with Crippen molar-refractivity contribution in [1.29, 1.82) is 0 Å². The largest absolute Gasteiger partial charge is 0.496 e. The molecule has 0 aliphatic carbocycles. The van der Waals surface area contributed by atoms with Crippen molar-refractivity contribution < 1.29 is 13.9 Å². The third-order valence-electron chi connectivity index (χ3n) is 3.38. The van der Waals surface area contributed by atoms with Crippen molar-refractivity contribution in [3.05, 3.63) is 50.4 Å². The molecule has 1 heterocycles. The summed E-state index contributed by atoms with van der Waals surface area (Å²) >= 11 is 3.49. The van der Waals surface area contributed by atoms with Crippen LogP contribution >= 0.6 is 15.9 Å². The number of carbonyl (C=O) groups is 1. The van der Waals surface area contributed by atoms with Crippen LogP contribution in [0.3, 0.4) is 0 Å². The Bertz CT molecular complexity index is 684. The van der Waals surface area contributed by atoms with Gasteiger partial charge in [-0.15, -0.1) is 0 Å². The molecule has 2 aromatic rings. The average molecular weight is 337 g/mol. The maximum atomic E-state index is 12.8. The summed E-state index contributed by atoms with van der Waals surface area (Å²) < 4.78 is 11.8. The summed E-state index contributed by atoms with van der Waals surface area (Å²) in [5, 5.41) is 0. The molecule has 4 heteroatoms. The Morgan fingerprint density at radius 2 is 1.85 bits per heavy atom. The third-order valence-corrected chi connectivity index (χ3v) is 4.20. The summed E-state index contributed by atoms with van der Waals surface area (Å²) in [6.45, 7) is 7.46. The van der Waals surface area contributed by atoms with Gasteiger partial charge in [-0.05, 0) is 51.0 Å². The van der Waals surface area contributed by atoms with Gasteiger partial charge in [0, 0.05) is 4.47 Å². The normalized spacial score (nSPS) is 10.7. The van der Waals surface area contributed by atoms with E-state index >= 15 is 0 Å². The molecule has 0 saturated heterocycles. The number of ether oxygens (including phenoxy) is 1. The molecule has 0 aliphatic heterocycles. The summed E-state index contributed by atoms with van der Waals surface area (Å²) in [5.74, 6) is 1.91. The number of benzene rings is 1. The summed E-state index contributed by atoms with van der Waals surface area (Å²) in [6, 6.07) is 3.73. The lowest BCUT2D eigenvalue weighted by molar-refractivity contribution is 0.103. The van der Waals surface area contributed by atoms with Crippen LogP contribution in [0.25, 0.3) is 0 Å². The molecule has 1 aromatic heterocycles. The topological polar surface area (TPSA) is 39.4 Å². The Labute approximate surface area is 127 Å². The van der Waals surface area contributed by atoms with Gasteiger partial charge in [0.05, 0.1) is 18.2 Å². The van der Waals surface area contributed by atoms with Crippen molar-refractivity contribution in [2.75, 3.05) is 7.11 Å². The van der Waals surface area contributed by atoms with Gasteiger partial charge in [-0.25, -0.2) is 0 Å². The van der Waals surface area contributed by atoms with Crippen molar-refractivity contribution in [1.82, 2.24) is 0 Å². The quantitative estimate of drug-likeness (QED) is 0.774. The Kier molecular flexibility index (Phi) is 4.04. The highest BCUT2D eigenvalue weighted by Crippen LogP contribution is 2.34. The van der Waals surface area contributed by atoms with Crippen LogP contribution in [0.15, 0.2) is 21.0 Å². The summed E-state index contributed by atoms with van der Waals surface area (Å²) in [6.07, 6.45) is 0. The number of hydrogen-bond acceptors (Lipinski definition) is 3. The van der Waals surface area contributed by atoms with Gasteiger partial charge >= 0.3 is 0 Å². The van der Waals surface area contributed by atoms with Crippen LogP contribution in [-0.4, -0.2) is 12.9 Å². The van der Waals surface area contributed by atoms with E-state index in [9.17, 15) is 4.79 Å². The van der Waals surface area contributed by atoms with Gasteiger partial charge in [-0.1, -0.05) is 15.9 Å². The first-order valence-electron chi connectivity index (χ1n) is 6.32. The van der Waals surface area contributed by atoms with Gasteiger partial charge in [0.1, 0.15) is 17.3 Å². The highest BCUT2D eigenvalue weighted by atomic mass is 79.9. The molecule has 0 unspecified atom stereocenters. The molecule has 0 bridgehead atoms. The lowest BCUT2D eigenvalue weighted by Gasteiger charge is -2.14. The monoisotopic (exact) mass is 336 g/mol. The van der Waals surface area contributed by atoms with Crippen LogP contribution < -0.4 is 4.74 Å². The second kappa shape index (κ2) is 5.44. The highest BCUT2D eigenvalue weighted by molar-refractivity contribution is 9.10. The van der Waals surface area contributed by atoms with E-state index in [1.54, 1.807) is 20.1 Å². The van der Waals surface area contributed by atoms with Crippen molar-refractivity contribution in [2.45, 2.75) is 27.7 Å². The molecule has 0 fully saturated rings. The number of rotatable bonds is 3. The van der Waals surface area contributed by atoms with E-state index in [1.807, 2.05) is 26.8 Å². The molecule has 1 aromatic carbocycles. The number of hydrogen-bond donors (Lipinski definition) is 0. The van der Waals surface area contributed by atoms with Gasteiger partial charge in [0.25, 0.3) is 0 Å². The lowest BCUT2D eigenvalue weighted by Crippen LogP contribution is -2.08. The van der Waals surface area contributed by atoms with Gasteiger partial charge in [0.15, 0.2) is 0 Å². The predicted molar refractivity (Wildman–Crippen MR) is 81.8 cm³/mol. The first-order valence-corrected chi connectivity index (χ1v) is 7.11. The Hall–Kier alpha value is -1.55. The second-order valence-electron chi connectivity index (χ2n) is 4.86. The smallest absolute Gasteiger partial charge is 0.200 e. The zero-order chi connectivity index (χ0) is 15.0. The average Bonchev–Trinajstić information content (AvgIpc) is 2.71. The Morgan fingerprint density at radius 3 is 2.35 bits per heavy atom. The third kappa shape index (κ3) is 2.40. The summed E-state index contributed by atoms with van der Waals surface area (Å²) in [5.41, 5.74) is 2.96. The molecule has 0 saturated carbocycles. The van der Waals surface area contributed by atoms with Crippen LogP contribution in [0.4, 0.5) is 0 Å². The fourth-order valence-corrected chi connectivity index (χ4v) is 2.92. The maximum Gasteiger partial charge on any atom is 0.200 e. The molecule has 0 aliphatic rings. The van der Waals surface area contributed by atoms with Gasteiger partial charge in [-0.3, -0.25) is 4.79 Å². The van der Waals surface area contributed by atoms with Gasteiger partial charge in [-0.2, -0.15) is 0 Å². The fraction of sp³-hybridized carbons (Fsp3) is 0.312. The zero-order valence-corrected chi connectivity index (χ0v) is 13.8. The van der Waals surface area contributed by atoms with E-state index in [0.717, 1.165) is 21.4 Å². The van der Waals surface area contributed by atoms with Gasteiger partial charge in [0.2, 0.25) is 5.78 Å². The highest BCUT2D eigenvalue weighted by Gasteiger charge is 2.23. The summed E-state index contributed by atoms with van der Waals surface area (Å²) in [7, 11) is 1.58. The first-order chi connectivity index (χ1) is 9.36. The van der Waals surface area contributed by atoms with Crippen LogP contribution in [-0.2, 0) is 0 Å². The molecule has 3 nitrogen and oxygen atoms in total. The number of aryl methyl sites for hydroxylation is 3. The number of methoxy groups -OCH3 is 1. The van der Waals surface area contributed by atoms with E-state index in [-0.39, 0.29) is 5.78 Å². The molecule has 2 rings (SSSR count). The van der Waals surface area contributed by atoms with Crippen LogP contribution in [0.2, 0.25) is 0 Å². The standard InChI is InChI=1S/C16H17BrO3/c1-8-6-13(17)10(3)14(16(8)19-5)15(18)12-7-9(2)20-11(12)4/h6-7H,1-5H3. The lowest BCUT2D eigenvalue weighted by atomic mass is 9.96. The number of halogens is 1. The molecular weight excluding hydrogens is 320 g/mol. The molecule has 0 amide bonds. The summed E-state index contributed by atoms with van der Waals surface area (Å²) in [4.78, 5) is 12.8. The molecular formula is C16H17BrO3. The second-order valence-corrected chi connectivity index (χ2v) is 5.72. The Morgan fingerprint density at radius 1 is 1.20 bits per heavy atom. The molecule has 0 atom stereocenters. The number of furan rings is 1. The minimum Gasteiger partial charge on any atom is -0.496 e. The van der Waals surface area contributed by atoms with Crippen molar-refractivity contribution in [2.24, 2.45) is 0 Å². The Balaban J connectivity index is 2.68. The van der Waals surface area contributed by atoms with Crippen LogP contribution in [0.1, 0.15) is 38.6 Å². The van der Waals surface area contributed by atoms with E-state index in [2.05, 4.69) is 15.9 Å². The van der Waals surface area contributed by atoms with Crippen molar-refractivity contribution >= 4 is 21.7 Å². The van der Waals surface area contributed by atoms with E-state index in [4.69, 9.17) is 9.15 Å². The van der Waals surface area contributed by atoms with E-state index < -0.39 is 0 Å². The fourth-order valence-electron chi connectivity index (χ4n) is 2.38. The zero-order valence-electron chi connectivity index (χ0n) is 12.3. The van der Waals surface area contributed by atoms with Crippen molar-refractivity contribution in [3.63, 3.8) is 0 Å². The molecule has 0 spiro atoms. The maximum absolute atomic E-state index is 12.8. The van der Waals surface area contributed by atoms with Gasteiger partial charge < -0.3 is 9.15 Å². The molecule has 0 N–H and O–H groups in total. The SMILES string of the molecule is COc1c(C)cc(Br)c(C)c1C(=O)c1cc(C)oc1C.